The SMILES string of the molecule is O=C(O)[C@H]1CC[C@H](CNS(=O)(=O)c2ccc(Br)cc2OC(F)(F)F)CC1. The van der Waals surface area contributed by atoms with Crippen LogP contribution in [0.3, 0.4) is 0 Å². The molecular formula is C15H17BrF3NO5S. The molecule has 0 saturated heterocycles. The highest BCUT2D eigenvalue weighted by molar-refractivity contribution is 9.10. The van der Waals surface area contributed by atoms with Gasteiger partial charge in [-0.1, -0.05) is 15.9 Å². The standard InChI is InChI=1S/C15H17BrF3NO5S/c16-11-5-6-13(12(7-11)25-15(17,18)19)26(23,24)20-8-9-1-3-10(4-2-9)14(21)22/h5-7,9-10,20H,1-4,8H2,(H,21,22)/t9-,10-. The zero-order chi connectivity index (χ0) is 19.5. The van der Waals surface area contributed by atoms with E-state index in [-0.39, 0.29) is 16.9 Å². The number of nitrogens with one attached hydrogen (secondary N) is 1. The van der Waals surface area contributed by atoms with Crippen molar-refractivity contribution in [2.75, 3.05) is 6.54 Å². The van der Waals surface area contributed by atoms with E-state index < -0.39 is 38.9 Å². The molecule has 0 unspecified atom stereocenters. The number of hydrogen-bond acceptors (Lipinski definition) is 4. The van der Waals surface area contributed by atoms with Crippen molar-refractivity contribution in [1.29, 1.82) is 0 Å². The summed E-state index contributed by atoms with van der Waals surface area (Å²) in [5, 5.41) is 8.96. The van der Waals surface area contributed by atoms with Crippen molar-refractivity contribution >= 4 is 31.9 Å². The van der Waals surface area contributed by atoms with Gasteiger partial charge in [-0.25, -0.2) is 13.1 Å². The van der Waals surface area contributed by atoms with Gasteiger partial charge in [0.1, 0.15) is 4.90 Å². The summed E-state index contributed by atoms with van der Waals surface area (Å²) >= 11 is 2.98. The fourth-order valence-corrected chi connectivity index (χ4v) is 4.39. The second-order valence-corrected chi connectivity index (χ2v) is 8.70. The molecule has 0 radical (unpaired) electrons. The van der Waals surface area contributed by atoms with E-state index in [1.54, 1.807) is 0 Å². The summed E-state index contributed by atoms with van der Waals surface area (Å²) in [5.74, 6) is -2.19. The smallest absolute Gasteiger partial charge is 0.481 e. The van der Waals surface area contributed by atoms with E-state index in [0.717, 1.165) is 12.1 Å². The first-order chi connectivity index (χ1) is 12.0. The number of carboxylic acid groups (broad SMARTS) is 1. The third-order valence-corrected chi connectivity index (χ3v) is 6.14. The highest BCUT2D eigenvalue weighted by atomic mass is 79.9. The van der Waals surface area contributed by atoms with Crippen LogP contribution in [0.1, 0.15) is 25.7 Å². The van der Waals surface area contributed by atoms with Gasteiger partial charge in [-0.3, -0.25) is 4.79 Å². The van der Waals surface area contributed by atoms with E-state index in [1.165, 1.54) is 6.07 Å². The number of halogens is 4. The fraction of sp³-hybridized carbons (Fsp3) is 0.533. The summed E-state index contributed by atoms with van der Waals surface area (Å²) in [7, 11) is -4.22. The molecule has 2 N–H and O–H groups in total. The van der Waals surface area contributed by atoms with Crippen molar-refractivity contribution < 1.29 is 36.2 Å². The van der Waals surface area contributed by atoms with E-state index in [0.29, 0.717) is 25.7 Å². The Morgan fingerprint density at radius 3 is 2.42 bits per heavy atom. The number of carboxylic acids is 1. The number of hydrogen-bond donors (Lipinski definition) is 2. The summed E-state index contributed by atoms with van der Waals surface area (Å²) in [4.78, 5) is 10.3. The maximum absolute atomic E-state index is 12.5. The van der Waals surface area contributed by atoms with E-state index in [1.807, 2.05) is 0 Å². The maximum Gasteiger partial charge on any atom is 0.573 e. The molecule has 0 aromatic heterocycles. The average Bonchev–Trinajstić information content (AvgIpc) is 2.51. The molecule has 26 heavy (non-hydrogen) atoms. The molecule has 1 aliphatic carbocycles. The molecule has 146 valence electrons. The number of sulfonamides is 1. The lowest BCUT2D eigenvalue weighted by Crippen LogP contribution is -2.33. The topological polar surface area (TPSA) is 92.7 Å². The Morgan fingerprint density at radius 2 is 1.88 bits per heavy atom. The molecule has 1 aromatic rings. The number of alkyl halides is 3. The van der Waals surface area contributed by atoms with E-state index in [9.17, 15) is 26.4 Å². The molecule has 2 rings (SSSR count). The molecule has 1 aromatic carbocycles. The van der Waals surface area contributed by atoms with Crippen LogP contribution in [0.5, 0.6) is 5.75 Å². The van der Waals surface area contributed by atoms with Crippen molar-refractivity contribution in [2.24, 2.45) is 11.8 Å². The molecule has 0 aliphatic heterocycles. The van der Waals surface area contributed by atoms with Crippen LogP contribution in [-0.2, 0) is 14.8 Å². The molecule has 0 amide bonds. The number of benzene rings is 1. The normalized spacial score (nSPS) is 21.4. The second kappa shape index (κ2) is 8.13. The van der Waals surface area contributed by atoms with Gasteiger partial charge < -0.3 is 9.84 Å². The monoisotopic (exact) mass is 459 g/mol. The molecule has 6 nitrogen and oxygen atoms in total. The molecule has 0 bridgehead atoms. The fourth-order valence-electron chi connectivity index (χ4n) is 2.83. The Balaban J connectivity index is 2.07. The van der Waals surface area contributed by atoms with Crippen molar-refractivity contribution in [3.63, 3.8) is 0 Å². The first kappa shape index (κ1) is 21.0. The summed E-state index contributed by atoms with van der Waals surface area (Å²) in [6.45, 7) is 0.0240. The highest BCUT2D eigenvalue weighted by Crippen LogP contribution is 2.33. The third-order valence-electron chi connectivity index (χ3n) is 4.18. The van der Waals surface area contributed by atoms with Gasteiger partial charge in [0.15, 0.2) is 5.75 Å². The van der Waals surface area contributed by atoms with Crippen LogP contribution in [0.2, 0.25) is 0 Å². The zero-order valence-corrected chi connectivity index (χ0v) is 15.8. The summed E-state index contributed by atoms with van der Waals surface area (Å²) in [6, 6.07) is 3.25. The molecule has 1 fully saturated rings. The van der Waals surface area contributed by atoms with Crippen molar-refractivity contribution in [1.82, 2.24) is 4.72 Å². The minimum absolute atomic E-state index is 0.0240. The number of carbonyl (C=O) groups is 1. The van der Waals surface area contributed by atoms with Crippen LogP contribution >= 0.6 is 15.9 Å². The van der Waals surface area contributed by atoms with Crippen LogP contribution in [0, 0.1) is 11.8 Å². The minimum Gasteiger partial charge on any atom is -0.481 e. The summed E-state index contributed by atoms with van der Waals surface area (Å²) in [5.41, 5.74) is 0. The Labute approximate surface area is 156 Å². The first-order valence-corrected chi connectivity index (χ1v) is 10.0. The Morgan fingerprint density at radius 1 is 1.27 bits per heavy atom. The average molecular weight is 460 g/mol. The lowest BCUT2D eigenvalue weighted by molar-refractivity contribution is -0.275. The van der Waals surface area contributed by atoms with Crippen LogP contribution in [0.4, 0.5) is 13.2 Å². The predicted molar refractivity (Wildman–Crippen MR) is 89.1 cm³/mol. The quantitative estimate of drug-likeness (QED) is 0.678. The number of aliphatic carboxylic acids is 1. The van der Waals surface area contributed by atoms with Gasteiger partial charge in [-0.2, -0.15) is 0 Å². The highest BCUT2D eigenvalue weighted by Gasteiger charge is 2.34. The van der Waals surface area contributed by atoms with Gasteiger partial charge in [0.2, 0.25) is 10.0 Å². The Hall–Kier alpha value is -1.33. The van der Waals surface area contributed by atoms with Crippen LogP contribution in [0.15, 0.2) is 27.6 Å². The van der Waals surface area contributed by atoms with Crippen LogP contribution in [-0.4, -0.2) is 32.4 Å². The molecule has 0 spiro atoms. The summed E-state index contributed by atoms with van der Waals surface area (Å²) < 4.78 is 68.7. The second-order valence-electron chi connectivity index (χ2n) is 6.05. The molecule has 1 aliphatic rings. The molecule has 0 heterocycles. The lowest BCUT2D eigenvalue weighted by Gasteiger charge is -2.26. The predicted octanol–water partition coefficient (Wildman–Crippen LogP) is 3.52. The molecular weight excluding hydrogens is 443 g/mol. The van der Waals surface area contributed by atoms with E-state index in [2.05, 4.69) is 25.4 Å². The van der Waals surface area contributed by atoms with Gasteiger partial charge in [-0.15, -0.1) is 13.2 Å². The minimum atomic E-state index is -5.03. The van der Waals surface area contributed by atoms with E-state index >= 15 is 0 Å². The Bertz CT molecular complexity index is 761. The van der Waals surface area contributed by atoms with Gasteiger partial charge in [0, 0.05) is 11.0 Å². The number of ether oxygens (including phenoxy) is 1. The zero-order valence-electron chi connectivity index (χ0n) is 13.4. The van der Waals surface area contributed by atoms with Gasteiger partial charge in [0.05, 0.1) is 5.92 Å². The Kier molecular flexibility index (Phi) is 6.56. The molecule has 0 atom stereocenters. The van der Waals surface area contributed by atoms with Gasteiger partial charge in [0.25, 0.3) is 0 Å². The largest absolute Gasteiger partial charge is 0.573 e. The number of rotatable bonds is 6. The van der Waals surface area contributed by atoms with Crippen molar-refractivity contribution in [3.05, 3.63) is 22.7 Å². The van der Waals surface area contributed by atoms with Crippen molar-refractivity contribution in [3.8, 4) is 5.75 Å². The summed E-state index contributed by atoms with van der Waals surface area (Å²) in [6.07, 6.45) is -3.07. The van der Waals surface area contributed by atoms with E-state index in [4.69, 9.17) is 5.11 Å². The molecule has 11 heteroatoms. The first-order valence-electron chi connectivity index (χ1n) is 7.75. The van der Waals surface area contributed by atoms with Crippen LogP contribution < -0.4 is 9.46 Å². The third kappa shape index (κ3) is 5.85. The van der Waals surface area contributed by atoms with Gasteiger partial charge >= 0.3 is 12.3 Å². The molecule has 1 saturated carbocycles. The van der Waals surface area contributed by atoms with Crippen LogP contribution in [0.25, 0.3) is 0 Å². The maximum atomic E-state index is 12.5. The lowest BCUT2D eigenvalue weighted by atomic mass is 9.82. The van der Waals surface area contributed by atoms with Crippen molar-refractivity contribution in [2.45, 2.75) is 36.9 Å². The van der Waals surface area contributed by atoms with Gasteiger partial charge in [-0.05, 0) is 49.8 Å².